The Labute approximate surface area is 44.5 Å². The molecule has 1 aliphatic heterocycles. The first kappa shape index (κ1) is 5.06. The fraction of sp³-hybridized carbons (Fsp3) is 0.800. The molecule has 1 heterocycles. The third-order valence-electron chi connectivity index (χ3n) is 1.40. The summed E-state index contributed by atoms with van der Waals surface area (Å²) >= 11 is 0. The summed E-state index contributed by atoms with van der Waals surface area (Å²) in [7, 11) is 2.07. The Morgan fingerprint density at radius 3 is 2.71 bits per heavy atom. The van der Waals surface area contributed by atoms with Crippen molar-refractivity contribution in [2.24, 2.45) is 0 Å². The van der Waals surface area contributed by atoms with E-state index in [0.29, 0.717) is 6.17 Å². The minimum absolute atomic E-state index is 0.542. The molecule has 1 atom stereocenters. The molecule has 0 aliphatic carbocycles. The molecule has 1 fully saturated rings. The molecule has 1 N–H and O–H groups in total. The van der Waals surface area contributed by atoms with Gasteiger partial charge in [0.25, 0.3) is 0 Å². The highest BCUT2D eigenvalue weighted by atomic mass is 15.3. The first-order valence-electron chi connectivity index (χ1n) is 2.59. The molecule has 0 aromatic rings. The van der Waals surface area contributed by atoms with Gasteiger partial charge in [-0.15, -0.1) is 0 Å². The van der Waals surface area contributed by atoms with Gasteiger partial charge >= 0.3 is 0 Å². The van der Waals surface area contributed by atoms with Crippen molar-refractivity contribution in [2.45, 2.75) is 13.1 Å². The lowest BCUT2D eigenvalue weighted by atomic mass is 10.6. The minimum Gasteiger partial charge on any atom is -0.300 e. The highest BCUT2D eigenvalue weighted by molar-refractivity contribution is 4.80. The molecule has 1 radical (unpaired) electrons. The Hall–Kier alpha value is -0.0800. The van der Waals surface area contributed by atoms with E-state index in [2.05, 4.69) is 30.7 Å². The molecule has 0 spiro atoms. The van der Waals surface area contributed by atoms with Gasteiger partial charge in [0.1, 0.15) is 0 Å². The van der Waals surface area contributed by atoms with E-state index in [4.69, 9.17) is 0 Å². The van der Waals surface area contributed by atoms with E-state index in [1.807, 2.05) is 0 Å². The molecule has 2 heteroatoms. The Bertz CT molecular complexity index is 55.1. The number of likely N-dealkylation sites (N-methyl/N-ethyl adjacent to an activating group) is 1. The van der Waals surface area contributed by atoms with Gasteiger partial charge in [-0.1, -0.05) is 0 Å². The fourth-order valence-electron chi connectivity index (χ4n) is 0.669. The minimum atomic E-state index is 0.542. The van der Waals surface area contributed by atoms with Crippen molar-refractivity contribution in [1.29, 1.82) is 0 Å². The first-order chi connectivity index (χ1) is 3.30. The Kier molecular flexibility index (Phi) is 1.30. The van der Waals surface area contributed by atoms with Gasteiger partial charge in [0.15, 0.2) is 0 Å². The van der Waals surface area contributed by atoms with E-state index in [-0.39, 0.29) is 0 Å². The Morgan fingerprint density at radius 2 is 2.57 bits per heavy atom. The highest BCUT2D eigenvalue weighted by Crippen LogP contribution is 1.99. The highest BCUT2D eigenvalue weighted by Gasteiger charge is 2.13. The molecule has 7 heavy (non-hydrogen) atoms. The number of hydrogen-bond acceptors (Lipinski definition) is 2. The van der Waals surface area contributed by atoms with Crippen LogP contribution in [0.4, 0.5) is 0 Å². The monoisotopic (exact) mass is 99.1 g/mol. The van der Waals surface area contributed by atoms with Crippen molar-refractivity contribution in [2.75, 3.05) is 13.6 Å². The SMILES string of the molecule is CC1NC[CH]N1C. The summed E-state index contributed by atoms with van der Waals surface area (Å²) in [6.07, 6.45) is 0.542. The van der Waals surface area contributed by atoms with E-state index in [1.54, 1.807) is 0 Å². The zero-order valence-corrected chi connectivity index (χ0v) is 4.81. The molecule has 41 valence electrons. The van der Waals surface area contributed by atoms with Gasteiger partial charge in [-0.3, -0.25) is 4.90 Å². The van der Waals surface area contributed by atoms with Crippen LogP contribution in [0.3, 0.4) is 0 Å². The molecule has 1 aliphatic rings. The summed E-state index contributed by atoms with van der Waals surface area (Å²) in [5.74, 6) is 0. The van der Waals surface area contributed by atoms with Crippen LogP contribution in [-0.4, -0.2) is 24.7 Å². The van der Waals surface area contributed by atoms with Crippen LogP contribution in [0.15, 0.2) is 0 Å². The van der Waals surface area contributed by atoms with Crippen LogP contribution in [-0.2, 0) is 0 Å². The summed E-state index contributed by atoms with van der Waals surface area (Å²) < 4.78 is 0. The number of rotatable bonds is 0. The molecule has 0 aromatic carbocycles. The lowest BCUT2D eigenvalue weighted by Crippen LogP contribution is -2.27. The van der Waals surface area contributed by atoms with Gasteiger partial charge in [0.2, 0.25) is 0 Å². The lowest BCUT2D eigenvalue weighted by molar-refractivity contribution is 0.348. The predicted octanol–water partition coefficient (Wildman–Crippen LogP) is 0.0292. The third-order valence-corrected chi connectivity index (χ3v) is 1.40. The van der Waals surface area contributed by atoms with Crippen LogP contribution in [0.25, 0.3) is 0 Å². The van der Waals surface area contributed by atoms with Crippen molar-refractivity contribution in [3.05, 3.63) is 6.54 Å². The second-order valence-corrected chi connectivity index (χ2v) is 1.93. The van der Waals surface area contributed by atoms with E-state index in [1.165, 1.54) is 0 Å². The molecular weight excluding hydrogens is 88.1 g/mol. The molecular formula is C5H11N2. The van der Waals surface area contributed by atoms with E-state index in [0.717, 1.165) is 6.54 Å². The summed E-state index contributed by atoms with van der Waals surface area (Å²) in [6.45, 7) is 5.31. The van der Waals surface area contributed by atoms with Gasteiger partial charge in [0.05, 0.1) is 6.17 Å². The van der Waals surface area contributed by atoms with Crippen molar-refractivity contribution in [1.82, 2.24) is 10.2 Å². The maximum Gasteiger partial charge on any atom is 0.0569 e. The average molecular weight is 99.2 g/mol. The Balaban J connectivity index is 2.33. The van der Waals surface area contributed by atoms with Gasteiger partial charge in [-0.05, 0) is 14.0 Å². The summed E-state index contributed by atoms with van der Waals surface area (Å²) in [4.78, 5) is 2.17. The fourth-order valence-corrected chi connectivity index (χ4v) is 0.669. The zero-order valence-electron chi connectivity index (χ0n) is 4.81. The van der Waals surface area contributed by atoms with E-state index < -0.39 is 0 Å². The predicted molar refractivity (Wildman–Crippen MR) is 29.5 cm³/mol. The Morgan fingerprint density at radius 1 is 1.86 bits per heavy atom. The largest absolute Gasteiger partial charge is 0.300 e. The normalized spacial score (nSPS) is 34.3. The van der Waals surface area contributed by atoms with Crippen molar-refractivity contribution in [3.63, 3.8) is 0 Å². The molecule has 0 bridgehead atoms. The van der Waals surface area contributed by atoms with E-state index in [9.17, 15) is 0 Å². The number of nitrogens with one attached hydrogen (secondary N) is 1. The smallest absolute Gasteiger partial charge is 0.0569 e. The van der Waals surface area contributed by atoms with Crippen LogP contribution in [0, 0.1) is 6.54 Å². The topological polar surface area (TPSA) is 15.3 Å². The van der Waals surface area contributed by atoms with Crippen LogP contribution in [0.2, 0.25) is 0 Å². The van der Waals surface area contributed by atoms with Gasteiger partial charge < -0.3 is 5.32 Å². The average Bonchev–Trinajstić information content (AvgIpc) is 1.91. The molecule has 1 unspecified atom stereocenters. The molecule has 0 aromatic heterocycles. The number of hydrogen-bond donors (Lipinski definition) is 1. The van der Waals surface area contributed by atoms with Gasteiger partial charge in [0, 0.05) is 13.1 Å². The maximum atomic E-state index is 3.24. The molecule has 1 saturated heterocycles. The van der Waals surface area contributed by atoms with Crippen LogP contribution >= 0.6 is 0 Å². The standard InChI is InChI=1S/C5H11N2/c1-5-6-3-4-7(5)2/h4-6H,3H2,1-2H3. The van der Waals surface area contributed by atoms with Crippen molar-refractivity contribution in [3.8, 4) is 0 Å². The maximum absolute atomic E-state index is 3.24. The van der Waals surface area contributed by atoms with Gasteiger partial charge in [-0.2, -0.15) is 0 Å². The van der Waals surface area contributed by atoms with Crippen LogP contribution < -0.4 is 5.32 Å². The second-order valence-electron chi connectivity index (χ2n) is 1.93. The lowest BCUT2D eigenvalue weighted by Gasteiger charge is -2.11. The zero-order chi connectivity index (χ0) is 5.28. The second kappa shape index (κ2) is 1.80. The summed E-state index contributed by atoms with van der Waals surface area (Å²) in [5, 5.41) is 3.24. The van der Waals surface area contributed by atoms with Crippen LogP contribution in [0.5, 0.6) is 0 Å². The molecule has 0 amide bonds. The molecule has 2 nitrogen and oxygen atoms in total. The quantitative estimate of drug-likeness (QED) is 0.461. The number of nitrogens with zero attached hydrogens (tertiary/aromatic N) is 1. The molecule has 0 saturated carbocycles. The summed E-state index contributed by atoms with van der Waals surface area (Å²) in [6, 6.07) is 0. The van der Waals surface area contributed by atoms with Crippen molar-refractivity contribution < 1.29 is 0 Å². The third kappa shape index (κ3) is 0.924. The molecule has 1 rings (SSSR count). The summed E-state index contributed by atoms with van der Waals surface area (Å²) in [5.41, 5.74) is 0. The van der Waals surface area contributed by atoms with Crippen molar-refractivity contribution >= 4 is 0 Å². The van der Waals surface area contributed by atoms with Gasteiger partial charge in [-0.25, -0.2) is 0 Å². The first-order valence-corrected chi connectivity index (χ1v) is 2.59. The van der Waals surface area contributed by atoms with E-state index >= 15 is 0 Å². The van der Waals surface area contributed by atoms with Crippen LogP contribution in [0.1, 0.15) is 6.92 Å².